The maximum Gasteiger partial charge on any atom is 0.150 e. The van der Waals surface area contributed by atoms with E-state index in [2.05, 4.69) is 0 Å². The number of rotatable bonds is 3. The van der Waals surface area contributed by atoms with Crippen LogP contribution >= 0.6 is 46.6 Å². The number of halogens is 3. The summed E-state index contributed by atoms with van der Waals surface area (Å²) in [4.78, 5) is 12.3. The SMILES string of the molecule is O=Cc1ccc(Sc2cc(Cl)ccc2Cl)c(Cl)c1. The Morgan fingerprint density at radius 3 is 2.33 bits per heavy atom. The monoisotopic (exact) mass is 316 g/mol. The van der Waals surface area contributed by atoms with Crippen molar-refractivity contribution in [3.63, 3.8) is 0 Å². The molecule has 0 saturated heterocycles. The van der Waals surface area contributed by atoms with Gasteiger partial charge in [-0.3, -0.25) is 4.79 Å². The first kappa shape index (κ1) is 13.8. The molecule has 1 nitrogen and oxygen atoms in total. The molecule has 0 aliphatic heterocycles. The maximum absolute atomic E-state index is 10.6. The molecule has 2 rings (SSSR count). The number of hydrogen-bond acceptors (Lipinski definition) is 2. The Morgan fingerprint density at radius 1 is 0.889 bits per heavy atom. The van der Waals surface area contributed by atoms with Crippen LogP contribution in [0.3, 0.4) is 0 Å². The van der Waals surface area contributed by atoms with Gasteiger partial charge in [0, 0.05) is 20.4 Å². The lowest BCUT2D eigenvalue weighted by atomic mass is 10.2. The normalized spacial score (nSPS) is 10.4. The summed E-state index contributed by atoms with van der Waals surface area (Å²) in [5.41, 5.74) is 0.543. The topological polar surface area (TPSA) is 17.1 Å². The van der Waals surface area contributed by atoms with E-state index in [4.69, 9.17) is 34.8 Å². The molecule has 0 aliphatic carbocycles. The van der Waals surface area contributed by atoms with E-state index in [0.29, 0.717) is 20.6 Å². The molecule has 0 aliphatic rings. The van der Waals surface area contributed by atoms with Crippen LogP contribution in [-0.4, -0.2) is 6.29 Å². The van der Waals surface area contributed by atoms with E-state index < -0.39 is 0 Å². The van der Waals surface area contributed by atoms with Crippen LogP contribution in [0.15, 0.2) is 46.2 Å². The highest BCUT2D eigenvalue weighted by Gasteiger charge is 2.07. The van der Waals surface area contributed by atoms with Crippen molar-refractivity contribution in [1.82, 2.24) is 0 Å². The van der Waals surface area contributed by atoms with Crippen LogP contribution < -0.4 is 0 Å². The molecule has 0 saturated carbocycles. The molecule has 0 aromatic heterocycles. The Balaban J connectivity index is 2.34. The summed E-state index contributed by atoms with van der Waals surface area (Å²) in [5.74, 6) is 0. The van der Waals surface area contributed by atoms with Gasteiger partial charge >= 0.3 is 0 Å². The summed E-state index contributed by atoms with van der Waals surface area (Å²) in [6.07, 6.45) is 0.757. The van der Waals surface area contributed by atoms with Gasteiger partial charge in [0.1, 0.15) is 6.29 Å². The number of hydrogen-bond donors (Lipinski definition) is 0. The lowest BCUT2D eigenvalue weighted by Crippen LogP contribution is -1.82. The fraction of sp³-hybridized carbons (Fsp3) is 0. The van der Waals surface area contributed by atoms with Crippen LogP contribution in [0.1, 0.15) is 10.4 Å². The van der Waals surface area contributed by atoms with Crippen LogP contribution in [0, 0.1) is 0 Å². The van der Waals surface area contributed by atoms with Gasteiger partial charge in [0.05, 0.1) is 10.0 Å². The van der Waals surface area contributed by atoms with Gasteiger partial charge in [-0.2, -0.15) is 0 Å². The van der Waals surface area contributed by atoms with E-state index >= 15 is 0 Å². The Bertz CT molecular complexity index is 599. The van der Waals surface area contributed by atoms with Gasteiger partial charge < -0.3 is 0 Å². The Labute approximate surface area is 124 Å². The predicted octanol–water partition coefficient (Wildman–Crippen LogP) is 5.61. The quantitative estimate of drug-likeness (QED) is 0.684. The molecule has 0 N–H and O–H groups in total. The number of carbonyl (C=O) groups is 1. The minimum absolute atomic E-state index is 0.514. The fourth-order valence-corrected chi connectivity index (χ4v) is 3.00. The molecule has 2 aromatic carbocycles. The fourth-order valence-electron chi connectivity index (χ4n) is 1.35. The number of carbonyl (C=O) groups excluding carboxylic acids is 1. The van der Waals surface area contributed by atoms with Crippen LogP contribution in [-0.2, 0) is 0 Å². The molecule has 92 valence electrons. The second kappa shape index (κ2) is 5.98. The van der Waals surface area contributed by atoms with Gasteiger partial charge in [-0.1, -0.05) is 52.6 Å². The van der Waals surface area contributed by atoms with Crippen molar-refractivity contribution in [2.75, 3.05) is 0 Å². The average Bonchev–Trinajstić information content (AvgIpc) is 2.36. The first-order chi connectivity index (χ1) is 8.60. The molecule has 0 unspecified atom stereocenters. The first-order valence-corrected chi connectivity index (χ1v) is 6.93. The van der Waals surface area contributed by atoms with E-state index in [9.17, 15) is 4.79 Å². The van der Waals surface area contributed by atoms with E-state index in [1.54, 1.807) is 36.4 Å². The third-order valence-corrected chi connectivity index (χ3v) is 4.44. The molecular weight excluding hydrogens is 311 g/mol. The van der Waals surface area contributed by atoms with Crippen molar-refractivity contribution in [2.24, 2.45) is 0 Å². The van der Waals surface area contributed by atoms with Gasteiger partial charge in [-0.15, -0.1) is 0 Å². The van der Waals surface area contributed by atoms with E-state index in [0.717, 1.165) is 16.1 Å². The Morgan fingerprint density at radius 2 is 1.67 bits per heavy atom. The minimum Gasteiger partial charge on any atom is -0.298 e. The molecule has 0 heterocycles. The molecule has 2 aromatic rings. The van der Waals surface area contributed by atoms with E-state index in [-0.39, 0.29) is 0 Å². The molecular formula is C13H7Cl3OS. The molecule has 0 atom stereocenters. The van der Waals surface area contributed by atoms with Gasteiger partial charge in [-0.25, -0.2) is 0 Å². The Kier molecular flexibility index (Phi) is 4.57. The van der Waals surface area contributed by atoms with Crippen LogP contribution in [0.25, 0.3) is 0 Å². The van der Waals surface area contributed by atoms with E-state index in [1.165, 1.54) is 11.8 Å². The molecule has 18 heavy (non-hydrogen) atoms. The largest absolute Gasteiger partial charge is 0.298 e. The number of benzene rings is 2. The average molecular weight is 318 g/mol. The molecule has 0 radical (unpaired) electrons. The molecule has 0 bridgehead atoms. The molecule has 0 spiro atoms. The second-order valence-electron chi connectivity index (χ2n) is 3.48. The lowest BCUT2D eigenvalue weighted by molar-refractivity contribution is 0.112. The lowest BCUT2D eigenvalue weighted by Gasteiger charge is -2.07. The molecule has 0 fully saturated rings. The number of aldehydes is 1. The van der Waals surface area contributed by atoms with Gasteiger partial charge in [0.25, 0.3) is 0 Å². The van der Waals surface area contributed by atoms with E-state index in [1.807, 2.05) is 0 Å². The summed E-state index contributed by atoms with van der Waals surface area (Å²) < 4.78 is 0. The highest BCUT2D eigenvalue weighted by molar-refractivity contribution is 7.99. The van der Waals surface area contributed by atoms with Crippen molar-refractivity contribution < 1.29 is 4.79 Å². The highest BCUT2D eigenvalue weighted by Crippen LogP contribution is 2.38. The third kappa shape index (κ3) is 3.21. The van der Waals surface area contributed by atoms with Gasteiger partial charge in [0.15, 0.2) is 0 Å². The standard InChI is InChI=1S/C13H7Cl3OS/c14-9-2-3-10(15)13(6-9)18-12-4-1-8(7-17)5-11(12)16/h1-7H. The summed E-state index contributed by atoms with van der Waals surface area (Å²) >= 11 is 19.5. The smallest absolute Gasteiger partial charge is 0.150 e. The van der Waals surface area contributed by atoms with Crippen molar-refractivity contribution in [1.29, 1.82) is 0 Å². The van der Waals surface area contributed by atoms with Gasteiger partial charge in [0.2, 0.25) is 0 Å². The zero-order valence-electron chi connectivity index (χ0n) is 8.99. The van der Waals surface area contributed by atoms with Crippen LogP contribution in [0.4, 0.5) is 0 Å². The van der Waals surface area contributed by atoms with Crippen molar-refractivity contribution in [3.05, 3.63) is 57.0 Å². The summed E-state index contributed by atoms with van der Waals surface area (Å²) in [7, 11) is 0. The minimum atomic E-state index is 0.514. The first-order valence-electron chi connectivity index (χ1n) is 4.98. The van der Waals surface area contributed by atoms with Gasteiger partial charge in [-0.05, 0) is 30.3 Å². The van der Waals surface area contributed by atoms with Crippen molar-refractivity contribution in [2.45, 2.75) is 9.79 Å². The zero-order chi connectivity index (χ0) is 13.1. The zero-order valence-corrected chi connectivity index (χ0v) is 12.1. The predicted molar refractivity (Wildman–Crippen MR) is 77.4 cm³/mol. The van der Waals surface area contributed by atoms with Crippen molar-refractivity contribution >= 4 is 52.9 Å². The maximum atomic E-state index is 10.6. The Hall–Kier alpha value is -0.670. The molecule has 0 amide bonds. The third-order valence-electron chi connectivity index (χ3n) is 2.21. The van der Waals surface area contributed by atoms with Crippen LogP contribution in [0.5, 0.6) is 0 Å². The summed E-state index contributed by atoms with van der Waals surface area (Å²) in [6.45, 7) is 0. The second-order valence-corrected chi connectivity index (χ2v) is 5.82. The molecule has 5 heteroatoms. The summed E-state index contributed by atoms with van der Waals surface area (Å²) in [5, 5.41) is 1.74. The summed E-state index contributed by atoms with van der Waals surface area (Å²) in [6, 6.07) is 10.4. The van der Waals surface area contributed by atoms with Crippen LogP contribution in [0.2, 0.25) is 15.1 Å². The highest BCUT2D eigenvalue weighted by atomic mass is 35.5. The van der Waals surface area contributed by atoms with Crippen molar-refractivity contribution in [3.8, 4) is 0 Å².